The van der Waals surface area contributed by atoms with E-state index in [1.54, 1.807) is 7.11 Å². The third-order valence-corrected chi connectivity index (χ3v) is 4.25. The predicted molar refractivity (Wildman–Crippen MR) is 85.2 cm³/mol. The Balaban J connectivity index is 2.28. The molecule has 0 saturated carbocycles. The molecule has 2 aromatic carbocycles. The van der Waals surface area contributed by atoms with Crippen LogP contribution in [-0.4, -0.2) is 23.9 Å². The fourth-order valence-electron chi connectivity index (χ4n) is 3.19. The summed E-state index contributed by atoms with van der Waals surface area (Å²) in [6.45, 7) is 1.89. The minimum Gasteiger partial charge on any atom is -0.497 e. The topological polar surface area (TPSA) is 58.9 Å². The van der Waals surface area contributed by atoms with Crippen LogP contribution in [0.3, 0.4) is 0 Å². The molecule has 4 heteroatoms. The molecule has 2 aromatic rings. The summed E-state index contributed by atoms with van der Waals surface area (Å²) < 4.78 is 5.31. The number of carboxylic acid groups (broad SMARTS) is 1. The van der Waals surface area contributed by atoms with E-state index in [1.165, 1.54) is 0 Å². The molecule has 3 rings (SSSR count). The summed E-state index contributed by atoms with van der Waals surface area (Å²) in [5.74, 6) is -0.150. The van der Waals surface area contributed by atoms with Gasteiger partial charge in [-0.25, -0.2) is 0 Å². The number of carboxylic acids is 1. The predicted octanol–water partition coefficient (Wildman–Crippen LogP) is 3.56. The SMILES string of the molecule is COc1ccc2c(c1)C(CC(=O)O)(c1ccccc1)C(C)=N2. The molecule has 0 amide bonds. The summed E-state index contributed by atoms with van der Waals surface area (Å²) in [6, 6.07) is 15.3. The first-order chi connectivity index (χ1) is 10.6. The van der Waals surface area contributed by atoms with Gasteiger partial charge in [0.05, 0.1) is 24.6 Å². The molecule has 112 valence electrons. The fourth-order valence-corrected chi connectivity index (χ4v) is 3.19. The number of nitrogens with zero attached hydrogens (tertiary/aromatic N) is 1. The number of methoxy groups -OCH3 is 1. The molecule has 1 aliphatic heterocycles. The van der Waals surface area contributed by atoms with E-state index in [9.17, 15) is 9.90 Å². The van der Waals surface area contributed by atoms with Crippen LogP contribution in [0.5, 0.6) is 5.75 Å². The molecular weight excluding hydrogens is 278 g/mol. The number of hydrogen-bond donors (Lipinski definition) is 1. The Morgan fingerprint density at radius 3 is 2.59 bits per heavy atom. The molecule has 22 heavy (non-hydrogen) atoms. The molecule has 0 aliphatic carbocycles. The molecule has 1 N–H and O–H groups in total. The Morgan fingerprint density at radius 1 is 1.23 bits per heavy atom. The Hall–Kier alpha value is -2.62. The van der Waals surface area contributed by atoms with Crippen LogP contribution in [0.1, 0.15) is 24.5 Å². The summed E-state index contributed by atoms with van der Waals surface area (Å²) >= 11 is 0. The molecule has 1 heterocycles. The van der Waals surface area contributed by atoms with Crippen molar-refractivity contribution < 1.29 is 14.6 Å². The van der Waals surface area contributed by atoms with Gasteiger partial charge in [-0.05, 0) is 36.2 Å². The Labute approximate surface area is 129 Å². The Kier molecular flexibility index (Phi) is 3.45. The van der Waals surface area contributed by atoms with Gasteiger partial charge < -0.3 is 9.84 Å². The molecule has 0 fully saturated rings. The first-order valence-corrected chi connectivity index (χ1v) is 7.09. The fraction of sp³-hybridized carbons (Fsp3) is 0.222. The number of hydrogen-bond acceptors (Lipinski definition) is 3. The average molecular weight is 295 g/mol. The van der Waals surface area contributed by atoms with E-state index in [1.807, 2.05) is 55.5 Å². The zero-order valence-electron chi connectivity index (χ0n) is 12.5. The van der Waals surface area contributed by atoms with Gasteiger partial charge in [0.1, 0.15) is 5.75 Å². The maximum Gasteiger partial charge on any atom is 0.304 e. The van der Waals surface area contributed by atoms with E-state index in [-0.39, 0.29) is 6.42 Å². The standard InChI is InChI=1S/C18H17NO3/c1-12-18(11-17(20)21,13-6-4-3-5-7-13)15-10-14(22-2)8-9-16(15)19-12/h3-10H,11H2,1-2H3,(H,20,21). The molecule has 0 spiro atoms. The van der Waals surface area contributed by atoms with Crippen LogP contribution in [0.25, 0.3) is 0 Å². The van der Waals surface area contributed by atoms with Gasteiger partial charge in [0.25, 0.3) is 0 Å². The van der Waals surface area contributed by atoms with Gasteiger partial charge in [0.2, 0.25) is 0 Å². The van der Waals surface area contributed by atoms with Crippen molar-refractivity contribution in [3.8, 4) is 5.75 Å². The lowest BCUT2D eigenvalue weighted by molar-refractivity contribution is -0.137. The van der Waals surface area contributed by atoms with Gasteiger partial charge in [0.15, 0.2) is 0 Å². The monoisotopic (exact) mass is 295 g/mol. The first kappa shape index (κ1) is 14.3. The van der Waals surface area contributed by atoms with Crippen LogP contribution in [0.15, 0.2) is 53.5 Å². The van der Waals surface area contributed by atoms with Crippen LogP contribution in [0.2, 0.25) is 0 Å². The Morgan fingerprint density at radius 2 is 1.95 bits per heavy atom. The third-order valence-electron chi connectivity index (χ3n) is 4.25. The van der Waals surface area contributed by atoms with Gasteiger partial charge >= 0.3 is 5.97 Å². The number of ether oxygens (including phenoxy) is 1. The molecule has 1 aliphatic rings. The summed E-state index contributed by atoms with van der Waals surface area (Å²) in [5.41, 5.74) is 2.69. The molecule has 1 atom stereocenters. The van der Waals surface area contributed by atoms with Gasteiger partial charge in [-0.2, -0.15) is 0 Å². The van der Waals surface area contributed by atoms with E-state index in [2.05, 4.69) is 4.99 Å². The minimum absolute atomic E-state index is 0.0352. The second kappa shape index (κ2) is 5.30. The van der Waals surface area contributed by atoms with Crippen molar-refractivity contribution in [3.05, 3.63) is 59.7 Å². The van der Waals surface area contributed by atoms with Crippen molar-refractivity contribution in [3.63, 3.8) is 0 Å². The number of rotatable bonds is 4. The van der Waals surface area contributed by atoms with E-state index < -0.39 is 11.4 Å². The maximum absolute atomic E-state index is 11.6. The highest BCUT2D eigenvalue weighted by Crippen LogP contribution is 2.48. The van der Waals surface area contributed by atoms with E-state index in [4.69, 9.17) is 4.74 Å². The van der Waals surface area contributed by atoms with Gasteiger partial charge in [-0.1, -0.05) is 30.3 Å². The second-order valence-corrected chi connectivity index (χ2v) is 5.42. The molecule has 1 unspecified atom stereocenters. The maximum atomic E-state index is 11.6. The number of aliphatic imine (C=N–C) groups is 1. The molecule has 0 radical (unpaired) electrons. The third kappa shape index (κ3) is 2.08. The number of carbonyl (C=O) groups is 1. The van der Waals surface area contributed by atoms with Gasteiger partial charge in [0, 0.05) is 5.71 Å². The highest BCUT2D eigenvalue weighted by atomic mass is 16.5. The number of fused-ring (bicyclic) bond motifs is 1. The summed E-state index contributed by atoms with van der Waals surface area (Å²) in [6.07, 6.45) is -0.0352. The summed E-state index contributed by atoms with van der Waals surface area (Å²) in [7, 11) is 1.60. The van der Waals surface area contributed by atoms with Crippen molar-refractivity contribution in [2.45, 2.75) is 18.8 Å². The molecule has 0 aromatic heterocycles. The van der Waals surface area contributed by atoms with Crippen molar-refractivity contribution >= 4 is 17.4 Å². The minimum atomic E-state index is -0.853. The van der Waals surface area contributed by atoms with Gasteiger partial charge in [-0.15, -0.1) is 0 Å². The van der Waals surface area contributed by atoms with Crippen LogP contribution in [0.4, 0.5) is 5.69 Å². The molecule has 0 bridgehead atoms. The van der Waals surface area contributed by atoms with Crippen LogP contribution < -0.4 is 4.74 Å². The summed E-state index contributed by atoms with van der Waals surface area (Å²) in [4.78, 5) is 16.2. The van der Waals surface area contributed by atoms with Crippen molar-refractivity contribution in [1.29, 1.82) is 0 Å². The van der Waals surface area contributed by atoms with Crippen molar-refractivity contribution in [1.82, 2.24) is 0 Å². The van der Waals surface area contributed by atoms with Crippen molar-refractivity contribution in [2.75, 3.05) is 7.11 Å². The quantitative estimate of drug-likeness (QED) is 0.938. The average Bonchev–Trinajstić information content (AvgIpc) is 2.80. The zero-order valence-corrected chi connectivity index (χ0v) is 12.5. The highest BCUT2D eigenvalue weighted by molar-refractivity contribution is 6.05. The largest absolute Gasteiger partial charge is 0.497 e. The van der Waals surface area contributed by atoms with E-state index in [0.29, 0.717) is 5.75 Å². The van der Waals surface area contributed by atoms with E-state index in [0.717, 1.165) is 22.5 Å². The van der Waals surface area contributed by atoms with Crippen LogP contribution >= 0.6 is 0 Å². The molecule has 0 saturated heterocycles. The smallest absolute Gasteiger partial charge is 0.304 e. The molecule has 4 nitrogen and oxygen atoms in total. The lowest BCUT2D eigenvalue weighted by atomic mass is 9.70. The first-order valence-electron chi connectivity index (χ1n) is 7.09. The molecular formula is C18H17NO3. The normalized spacial score (nSPS) is 19.5. The van der Waals surface area contributed by atoms with Crippen LogP contribution in [0, 0.1) is 0 Å². The van der Waals surface area contributed by atoms with Gasteiger partial charge in [-0.3, -0.25) is 9.79 Å². The lowest BCUT2D eigenvalue weighted by Gasteiger charge is -2.30. The zero-order chi connectivity index (χ0) is 15.7. The highest BCUT2D eigenvalue weighted by Gasteiger charge is 2.44. The number of benzene rings is 2. The summed E-state index contributed by atoms with van der Waals surface area (Å²) in [5, 5.41) is 9.48. The lowest BCUT2D eigenvalue weighted by Crippen LogP contribution is -2.35. The van der Waals surface area contributed by atoms with E-state index >= 15 is 0 Å². The second-order valence-electron chi connectivity index (χ2n) is 5.42. The number of aliphatic carboxylic acids is 1. The van der Waals surface area contributed by atoms with Crippen molar-refractivity contribution in [2.24, 2.45) is 4.99 Å². The van der Waals surface area contributed by atoms with Crippen LogP contribution in [-0.2, 0) is 10.2 Å². The Bertz CT molecular complexity index is 752.